The molecule has 2 aromatic rings. The molecule has 14 heteroatoms. The van der Waals surface area contributed by atoms with E-state index in [9.17, 15) is 4.79 Å². The van der Waals surface area contributed by atoms with Gasteiger partial charge in [-0.15, -0.1) is 0 Å². The maximum absolute atomic E-state index is 13.0. The lowest BCUT2D eigenvalue weighted by atomic mass is 10.1. The van der Waals surface area contributed by atoms with Gasteiger partial charge in [0, 0.05) is 12.2 Å². The van der Waals surface area contributed by atoms with Gasteiger partial charge in [0.1, 0.15) is 24.3 Å². The normalized spacial score (nSPS) is 25.7. The zero-order chi connectivity index (χ0) is 30.1. The van der Waals surface area contributed by atoms with Crippen LogP contribution in [0, 0.1) is 0 Å². The lowest BCUT2D eigenvalue weighted by Crippen LogP contribution is -2.66. The number of ether oxygens (including phenoxy) is 3. The SMILES string of the molecule is CC(C)[Si]1(C(C)C)OC[C@H]2O[C@@H](n3cnc(N)nc3=O)[C@H](OC(=S)Oc3ccccc3)[C@@H]2O[Si](C(C)C)(C(C)C)O1. The molecule has 0 spiro atoms. The van der Waals surface area contributed by atoms with Crippen LogP contribution in [0.15, 0.2) is 41.5 Å². The van der Waals surface area contributed by atoms with Crippen LogP contribution in [0.25, 0.3) is 0 Å². The van der Waals surface area contributed by atoms with Crippen molar-refractivity contribution in [2.24, 2.45) is 0 Å². The molecule has 4 atom stereocenters. The predicted octanol–water partition coefficient (Wildman–Crippen LogP) is 4.82. The van der Waals surface area contributed by atoms with Gasteiger partial charge >= 0.3 is 28.0 Å². The summed E-state index contributed by atoms with van der Waals surface area (Å²) in [5, 5.41) is -0.137. The van der Waals surface area contributed by atoms with E-state index in [0.717, 1.165) is 0 Å². The molecule has 0 bridgehead atoms. The highest BCUT2D eigenvalue weighted by Crippen LogP contribution is 2.48. The average Bonchev–Trinajstić information content (AvgIpc) is 3.19. The first-order valence-electron chi connectivity index (χ1n) is 14.1. The van der Waals surface area contributed by atoms with Gasteiger partial charge in [-0.25, -0.2) is 9.78 Å². The highest BCUT2D eigenvalue weighted by molar-refractivity contribution is 7.79. The fourth-order valence-corrected chi connectivity index (χ4v) is 17.1. The minimum Gasteiger partial charge on any atom is -0.446 e. The van der Waals surface area contributed by atoms with Crippen molar-refractivity contribution in [2.45, 2.75) is 102 Å². The number of rotatable bonds is 7. The van der Waals surface area contributed by atoms with Gasteiger partial charge in [0.05, 0.1) is 6.61 Å². The van der Waals surface area contributed by atoms with E-state index in [-0.39, 0.29) is 40.0 Å². The van der Waals surface area contributed by atoms with E-state index in [1.54, 1.807) is 12.1 Å². The van der Waals surface area contributed by atoms with Crippen LogP contribution in [-0.4, -0.2) is 61.8 Å². The molecule has 0 radical (unpaired) electrons. The molecule has 11 nitrogen and oxygen atoms in total. The minimum absolute atomic E-state index is 0.0732. The summed E-state index contributed by atoms with van der Waals surface area (Å²) in [4.78, 5) is 20.8. The van der Waals surface area contributed by atoms with Crippen molar-refractivity contribution in [3.8, 4) is 5.75 Å². The molecule has 0 aliphatic carbocycles. The second kappa shape index (κ2) is 12.6. The van der Waals surface area contributed by atoms with Crippen LogP contribution in [0.5, 0.6) is 5.75 Å². The van der Waals surface area contributed by atoms with E-state index in [0.29, 0.717) is 5.75 Å². The molecule has 4 rings (SSSR count). The van der Waals surface area contributed by atoms with Gasteiger partial charge in [-0.2, -0.15) is 4.98 Å². The summed E-state index contributed by atoms with van der Waals surface area (Å²) in [6.07, 6.45) is -1.88. The lowest BCUT2D eigenvalue weighted by molar-refractivity contribution is -0.0602. The zero-order valence-electron chi connectivity index (χ0n) is 25.0. The van der Waals surface area contributed by atoms with E-state index < -0.39 is 47.4 Å². The van der Waals surface area contributed by atoms with Crippen molar-refractivity contribution in [1.29, 1.82) is 0 Å². The summed E-state index contributed by atoms with van der Waals surface area (Å²) in [6.45, 7) is 17.3. The predicted molar refractivity (Wildman–Crippen MR) is 163 cm³/mol. The highest BCUT2D eigenvalue weighted by atomic mass is 32.1. The van der Waals surface area contributed by atoms with Gasteiger partial charge in [0.2, 0.25) is 5.95 Å². The molecule has 1 aromatic carbocycles. The summed E-state index contributed by atoms with van der Waals surface area (Å²) >= 11 is 5.51. The third-order valence-corrected chi connectivity index (χ3v) is 18.2. The second-order valence-electron chi connectivity index (χ2n) is 11.8. The Morgan fingerprint density at radius 1 is 1.02 bits per heavy atom. The second-order valence-corrected chi connectivity index (χ2v) is 21.0. The molecule has 2 fully saturated rings. The summed E-state index contributed by atoms with van der Waals surface area (Å²) in [5.41, 5.74) is 5.51. The van der Waals surface area contributed by atoms with E-state index in [1.165, 1.54) is 10.9 Å². The third kappa shape index (κ3) is 6.28. The van der Waals surface area contributed by atoms with Crippen LogP contribution in [0.2, 0.25) is 22.2 Å². The van der Waals surface area contributed by atoms with Crippen molar-refractivity contribution >= 4 is 40.5 Å². The van der Waals surface area contributed by atoms with Gasteiger partial charge < -0.3 is 32.9 Å². The monoisotopic (exact) mass is 622 g/mol. The summed E-state index contributed by atoms with van der Waals surface area (Å²) in [6, 6.07) is 9.07. The number of fused-ring (bicyclic) bond motifs is 1. The van der Waals surface area contributed by atoms with Crippen molar-refractivity contribution in [2.75, 3.05) is 12.3 Å². The van der Waals surface area contributed by atoms with Crippen molar-refractivity contribution in [3.63, 3.8) is 0 Å². The summed E-state index contributed by atoms with van der Waals surface area (Å²) < 4.78 is 41.1. The Kier molecular flexibility index (Phi) is 9.73. The number of para-hydroxylation sites is 1. The number of nitrogen functional groups attached to an aromatic ring is 1. The van der Waals surface area contributed by atoms with Crippen molar-refractivity contribution < 1.29 is 27.2 Å². The molecule has 226 valence electrons. The molecule has 41 heavy (non-hydrogen) atoms. The maximum atomic E-state index is 13.0. The Morgan fingerprint density at radius 2 is 1.63 bits per heavy atom. The first-order valence-corrected chi connectivity index (χ1v) is 18.5. The molecule has 3 heterocycles. The topological polar surface area (TPSA) is 129 Å². The molecule has 2 N–H and O–H groups in total. The third-order valence-electron chi connectivity index (χ3n) is 7.81. The number of hydrogen-bond donors (Lipinski definition) is 1. The Hall–Kier alpha value is -2.21. The zero-order valence-corrected chi connectivity index (χ0v) is 27.8. The molecule has 0 amide bonds. The molecule has 2 aliphatic heterocycles. The van der Waals surface area contributed by atoms with Crippen LogP contribution in [0.4, 0.5) is 5.95 Å². The largest absolute Gasteiger partial charge is 0.446 e. The van der Waals surface area contributed by atoms with E-state index >= 15 is 0 Å². The Morgan fingerprint density at radius 3 is 2.20 bits per heavy atom. The quantitative estimate of drug-likeness (QED) is 0.337. The van der Waals surface area contributed by atoms with Crippen LogP contribution in [0.1, 0.15) is 61.6 Å². The summed E-state index contributed by atoms with van der Waals surface area (Å²) in [7, 11) is -5.84. The van der Waals surface area contributed by atoms with Gasteiger partial charge in [-0.1, -0.05) is 73.6 Å². The standard InChI is InChI=1S/C27H42N4O7SSi2/c1-16(2)40(17(3)4)33-14-21-22(37-41(38-40,18(5)6)19(7)8)23(36-27(39)34-20-12-10-9-11-13-20)24(35-21)31-15-29-25(28)30-26(31)32/h9-13,15-19,21-24H,14H2,1-8H3,(H2,28,30,32)/t21-,22-,23-,24-/m1/s1. The van der Waals surface area contributed by atoms with Gasteiger partial charge in [-0.3, -0.25) is 4.57 Å². The highest BCUT2D eigenvalue weighted by Gasteiger charge is 2.62. The van der Waals surface area contributed by atoms with E-state index in [4.69, 9.17) is 45.1 Å². The van der Waals surface area contributed by atoms with Crippen LogP contribution < -0.4 is 16.2 Å². The molecule has 0 saturated carbocycles. The fraction of sp³-hybridized carbons (Fsp3) is 0.630. The number of nitrogens with two attached hydrogens (primary N) is 1. The average molecular weight is 623 g/mol. The van der Waals surface area contributed by atoms with Crippen molar-refractivity contribution in [3.05, 3.63) is 47.1 Å². The van der Waals surface area contributed by atoms with Crippen LogP contribution in [0.3, 0.4) is 0 Å². The molecule has 1 aromatic heterocycles. The number of aromatic nitrogens is 3. The van der Waals surface area contributed by atoms with Crippen LogP contribution in [-0.2, 0) is 22.4 Å². The Labute approximate surface area is 249 Å². The number of thiocarbonyl (C=S) groups is 1. The molecular formula is C27H42N4O7SSi2. The molecular weight excluding hydrogens is 581 g/mol. The molecule has 2 saturated heterocycles. The Balaban J connectivity index is 1.80. The van der Waals surface area contributed by atoms with Gasteiger partial charge in [-0.05, 0) is 34.3 Å². The molecule has 0 unspecified atom stereocenters. The lowest BCUT2D eigenvalue weighted by Gasteiger charge is -2.51. The first kappa shape index (κ1) is 31.7. The number of hydrogen-bond acceptors (Lipinski definition) is 11. The van der Waals surface area contributed by atoms with Gasteiger partial charge in [0.15, 0.2) is 12.3 Å². The number of benzene rings is 1. The number of anilines is 1. The van der Waals surface area contributed by atoms with E-state index in [2.05, 4.69) is 65.4 Å². The Bertz CT molecular complexity index is 1250. The summed E-state index contributed by atoms with van der Waals surface area (Å²) in [5.74, 6) is 0.375. The smallest absolute Gasteiger partial charge is 0.358 e. The fourth-order valence-electron chi connectivity index (χ4n) is 5.72. The maximum Gasteiger partial charge on any atom is 0.358 e. The molecule has 2 aliphatic rings. The van der Waals surface area contributed by atoms with E-state index in [1.807, 2.05) is 18.2 Å². The minimum atomic E-state index is -3.03. The van der Waals surface area contributed by atoms with Crippen molar-refractivity contribution in [1.82, 2.24) is 14.5 Å². The number of nitrogens with zero attached hydrogens (tertiary/aromatic N) is 3. The van der Waals surface area contributed by atoms with Gasteiger partial charge in [0.25, 0.3) is 0 Å². The van der Waals surface area contributed by atoms with Crippen LogP contribution >= 0.6 is 12.2 Å². The first-order chi connectivity index (χ1) is 19.3.